The van der Waals surface area contributed by atoms with Crippen LogP contribution in [-0.4, -0.2) is 16.1 Å². The summed E-state index contributed by atoms with van der Waals surface area (Å²) in [5.41, 5.74) is 1.41. The van der Waals surface area contributed by atoms with Crippen molar-refractivity contribution in [2.75, 3.05) is 0 Å². The number of carbonyl (C=O) groups is 1. The molecular formula is C16H15BrClNO2. The van der Waals surface area contributed by atoms with Crippen molar-refractivity contribution in [3.63, 3.8) is 0 Å². The first-order valence-corrected chi connectivity index (χ1v) is 7.56. The second kappa shape index (κ2) is 8.60. The molecule has 3 nitrogen and oxygen atoms in total. The second-order valence-corrected chi connectivity index (χ2v) is 5.13. The summed E-state index contributed by atoms with van der Waals surface area (Å²) in [4.78, 5) is 15.1. The zero-order chi connectivity index (χ0) is 15.8. The molecule has 0 bridgehead atoms. The van der Waals surface area contributed by atoms with Crippen molar-refractivity contribution in [1.29, 1.82) is 0 Å². The summed E-state index contributed by atoms with van der Waals surface area (Å²) in [6.07, 6.45) is 4.88. The number of halogens is 2. The van der Waals surface area contributed by atoms with Gasteiger partial charge in [0.15, 0.2) is 0 Å². The average molecular weight is 369 g/mol. The Morgan fingerprint density at radius 1 is 1.24 bits per heavy atom. The van der Waals surface area contributed by atoms with Crippen molar-refractivity contribution in [2.45, 2.75) is 13.8 Å². The third-order valence-electron chi connectivity index (χ3n) is 2.42. The number of rotatable bonds is 3. The van der Waals surface area contributed by atoms with Gasteiger partial charge in [0.2, 0.25) is 0 Å². The fourth-order valence-corrected chi connectivity index (χ4v) is 1.93. The first-order chi connectivity index (χ1) is 10.1. The lowest BCUT2D eigenvalue weighted by Gasteiger charge is -2.01. The van der Waals surface area contributed by atoms with Gasteiger partial charge in [-0.2, -0.15) is 0 Å². The summed E-state index contributed by atoms with van der Waals surface area (Å²) in [6, 6.07) is 9.03. The molecule has 2 rings (SSSR count). The largest absolute Gasteiger partial charge is 0.478 e. The Bertz CT molecular complexity index is 639. The molecule has 0 aliphatic heterocycles. The minimum atomic E-state index is -1.05. The van der Waals surface area contributed by atoms with Crippen LogP contribution in [0.4, 0.5) is 0 Å². The van der Waals surface area contributed by atoms with Gasteiger partial charge in [-0.25, -0.2) is 4.79 Å². The zero-order valence-corrected chi connectivity index (χ0v) is 14.0. The zero-order valence-electron chi connectivity index (χ0n) is 11.7. The van der Waals surface area contributed by atoms with E-state index >= 15 is 0 Å². The number of hydrogen-bond donors (Lipinski definition) is 1. The lowest BCUT2D eigenvalue weighted by Crippen LogP contribution is -2.01. The van der Waals surface area contributed by atoms with E-state index in [0.29, 0.717) is 10.7 Å². The van der Waals surface area contributed by atoms with Crippen LogP contribution in [-0.2, 0) is 0 Å². The maximum Gasteiger partial charge on any atom is 0.337 e. The van der Waals surface area contributed by atoms with Crippen molar-refractivity contribution in [2.24, 2.45) is 0 Å². The van der Waals surface area contributed by atoms with Gasteiger partial charge < -0.3 is 5.11 Å². The maximum absolute atomic E-state index is 11.1. The number of pyridine rings is 1. The monoisotopic (exact) mass is 367 g/mol. The highest BCUT2D eigenvalue weighted by Gasteiger charge is 2.09. The minimum absolute atomic E-state index is 0.0841. The molecule has 0 aliphatic rings. The minimum Gasteiger partial charge on any atom is -0.478 e. The van der Waals surface area contributed by atoms with Crippen molar-refractivity contribution >= 4 is 45.7 Å². The predicted octanol–water partition coefficient (Wildman–Crippen LogP) is 5.39. The molecule has 1 aromatic carbocycles. The van der Waals surface area contributed by atoms with E-state index in [1.807, 2.05) is 38.1 Å². The summed E-state index contributed by atoms with van der Waals surface area (Å²) < 4.78 is 0.987. The van der Waals surface area contributed by atoms with Crippen molar-refractivity contribution in [3.05, 3.63) is 62.8 Å². The molecule has 21 heavy (non-hydrogen) atoms. The fourth-order valence-electron chi connectivity index (χ4n) is 1.50. The van der Waals surface area contributed by atoms with Crippen LogP contribution in [0, 0.1) is 0 Å². The van der Waals surface area contributed by atoms with Crippen molar-refractivity contribution in [1.82, 2.24) is 4.98 Å². The molecule has 0 radical (unpaired) electrons. The lowest BCUT2D eigenvalue weighted by molar-refractivity contribution is 0.0696. The van der Waals surface area contributed by atoms with Crippen LogP contribution in [0.2, 0.25) is 5.02 Å². The Labute approximate surface area is 137 Å². The Hall–Kier alpha value is -1.65. The molecule has 1 N–H and O–H groups in total. The molecule has 110 valence electrons. The van der Waals surface area contributed by atoms with Crippen molar-refractivity contribution in [3.8, 4) is 0 Å². The van der Waals surface area contributed by atoms with E-state index in [-0.39, 0.29) is 5.56 Å². The van der Waals surface area contributed by atoms with Gasteiger partial charge in [0.1, 0.15) is 0 Å². The third-order valence-corrected chi connectivity index (χ3v) is 3.15. The predicted molar refractivity (Wildman–Crippen MR) is 90.6 cm³/mol. The summed E-state index contributed by atoms with van der Waals surface area (Å²) in [5, 5.41) is 9.39. The van der Waals surface area contributed by atoms with Gasteiger partial charge in [-0.05, 0) is 29.8 Å². The van der Waals surface area contributed by atoms with Gasteiger partial charge in [0.05, 0.1) is 16.3 Å². The van der Waals surface area contributed by atoms with Crippen LogP contribution in [0.25, 0.3) is 12.2 Å². The van der Waals surface area contributed by atoms with Crippen LogP contribution >= 0.6 is 27.5 Å². The summed E-state index contributed by atoms with van der Waals surface area (Å²) in [7, 11) is 0. The molecule has 0 saturated heterocycles. The molecule has 5 heteroatoms. The molecule has 0 amide bonds. The van der Waals surface area contributed by atoms with E-state index in [4.69, 9.17) is 16.7 Å². The summed E-state index contributed by atoms with van der Waals surface area (Å²) >= 11 is 9.09. The summed E-state index contributed by atoms with van der Waals surface area (Å²) in [5.74, 6) is -1.05. The number of carboxylic acids is 1. The highest BCUT2D eigenvalue weighted by molar-refractivity contribution is 9.10. The Morgan fingerprint density at radius 2 is 1.86 bits per heavy atom. The third kappa shape index (κ3) is 5.33. The van der Waals surface area contributed by atoms with Gasteiger partial charge in [-0.3, -0.25) is 4.98 Å². The topological polar surface area (TPSA) is 50.2 Å². The van der Waals surface area contributed by atoms with Gasteiger partial charge in [0.25, 0.3) is 0 Å². The number of aromatic nitrogens is 1. The maximum atomic E-state index is 11.1. The van der Waals surface area contributed by atoms with E-state index in [9.17, 15) is 4.79 Å². The quantitative estimate of drug-likeness (QED) is 0.790. The van der Waals surface area contributed by atoms with E-state index in [1.165, 1.54) is 12.3 Å². The van der Waals surface area contributed by atoms with Gasteiger partial charge in [0, 0.05) is 10.7 Å². The summed E-state index contributed by atoms with van der Waals surface area (Å²) in [6.45, 7) is 4.00. The van der Waals surface area contributed by atoms with Gasteiger partial charge in [-0.15, -0.1) is 0 Å². The molecule has 0 spiro atoms. The molecule has 0 unspecified atom stereocenters. The van der Waals surface area contributed by atoms with E-state index in [0.717, 1.165) is 10.0 Å². The molecular weight excluding hydrogens is 354 g/mol. The molecule has 0 fully saturated rings. The molecule has 0 atom stereocenters. The van der Waals surface area contributed by atoms with E-state index in [1.54, 1.807) is 12.2 Å². The first kappa shape index (κ1) is 17.4. The van der Waals surface area contributed by atoms with Gasteiger partial charge in [-0.1, -0.05) is 59.6 Å². The SMILES string of the molecule is CC.O=C(O)c1cc(Cl)cnc1/C=C/c1ccc(Br)cc1. The van der Waals surface area contributed by atoms with Crippen molar-refractivity contribution < 1.29 is 9.90 Å². The van der Waals surface area contributed by atoms with E-state index in [2.05, 4.69) is 20.9 Å². The van der Waals surface area contributed by atoms with Crippen LogP contribution in [0.1, 0.15) is 35.5 Å². The molecule has 0 saturated carbocycles. The normalized spacial score (nSPS) is 10.1. The highest BCUT2D eigenvalue weighted by atomic mass is 79.9. The number of aromatic carboxylic acids is 1. The van der Waals surface area contributed by atoms with Crippen LogP contribution < -0.4 is 0 Å². The average Bonchev–Trinajstić information content (AvgIpc) is 2.49. The van der Waals surface area contributed by atoms with E-state index < -0.39 is 5.97 Å². The highest BCUT2D eigenvalue weighted by Crippen LogP contribution is 2.17. The molecule has 2 aromatic rings. The molecule has 0 aliphatic carbocycles. The van der Waals surface area contributed by atoms with Gasteiger partial charge >= 0.3 is 5.97 Å². The first-order valence-electron chi connectivity index (χ1n) is 6.39. The molecule has 1 heterocycles. The van der Waals surface area contributed by atoms with Crippen LogP contribution in [0.3, 0.4) is 0 Å². The number of carboxylic acid groups (broad SMARTS) is 1. The number of nitrogens with zero attached hydrogens (tertiary/aromatic N) is 1. The van der Waals surface area contributed by atoms with Crippen LogP contribution in [0.15, 0.2) is 41.0 Å². The smallest absolute Gasteiger partial charge is 0.337 e. The Kier molecular flexibility index (Phi) is 7.12. The number of benzene rings is 1. The fraction of sp³-hybridized carbons (Fsp3) is 0.125. The standard InChI is InChI=1S/C14H9BrClNO2.C2H6/c15-10-4-1-9(2-5-10)3-6-13-12(14(18)19)7-11(16)8-17-13;1-2/h1-8H,(H,18,19);1-2H3/b6-3+;. The molecule has 1 aromatic heterocycles. The Morgan fingerprint density at radius 3 is 2.43 bits per heavy atom. The van der Waals surface area contributed by atoms with Crippen LogP contribution in [0.5, 0.6) is 0 Å². The Balaban J connectivity index is 0.00000106. The lowest BCUT2D eigenvalue weighted by atomic mass is 10.1. The number of hydrogen-bond acceptors (Lipinski definition) is 2. The second-order valence-electron chi connectivity index (χ2n) is 3.78.